The van der Waals surface area contributed by atoms with Crippen LogP contribution in [-0.4, -0.2) is 29.5 Å². The molecule has 0 bridgehead atoms. The van der Waals surface area contributed by atoms with E-state index < -0.39 is 24.3 Å². The maximum atomic E-state index is 12.1. The van der Waals surface area contributed by atoms with E-state index in [2.05, 4.69) is 0 Å². The third-order valence-corrected chi connectivity index (χ3v) is 2.81. The van der Waals surface area contributed by atoms with Gasteiger partial charge in [-0.15, -0.1) is 0 Å². The molecule has 102 valence electrons. The number of anilines is 1. The Labute approximate surface area is 106 Å². The molecule has 1 aromatic rings. The van der Waals surface area contributed by atoms with Crippen LogP contribution in [0.2, 0.25) is 0 Å². The first-order valence-corrected chi connectivity index (χ1v) is 5.56. The molecule has 4 nitrogen and oxygen atoms in total. The van der Waals surface area contributed by atoms with E-state index in [0.29, 0.717) is 0 Å². The third kappa shape index (κ3) is 2.54. The Morgan fingerprint density at radius 2 is 1.89 bits per heavy atom. The van der Waals surface area contributed by atoms with Crippen LogP contribution in [-0.2, 0) is 4.79 Å². The number of phenols is 1. The first kappa shape index (κ1) is 13.4. The van der Waals surface area contributed by atoms with Crippen LogP contribution < -0.4 is 4.90 Å². The van der Waals surface area contributed by atoms with Crippen LogP contribution in [0.4, 0.5) is 18.9 Å². The number of hydrogen-bond donors (Lipinski definition) is 1. The lowest BCUT2D eigenvalue weighted by atomic mass is 10.1. The van der Waals surface area contributed by atoms with Crippen LogP contribution >= 0.6 is 0 Å². The van der Waals surface area contributed by atoms with Crippen LogP contribution in [0.25, 0.3) is 0 Å². The van der Waals surface area contributed by atoms with Gasteiger partial charge in [0.05, 0.1) is 11.3 Å². The third-order valence-electron chi connectivity index (χ3n) is 2.81. The summed E-state index contributed by atoms with van der Waals surface area (Å²) in [6, 6.07) is 4.04. The molecular weight excluding hydrogens is 263 g/mol. The van der Waals surface area contributed by atoms with Gasteiger partial charge in [-0.25, -0.2) is 0 Å². The van der Waals surface area contributed by atoms with Crippen LogP contribution in [0.3, 0.4) is 0 Å². The molecule has 0 spiro atoms. The van der Waals surface area contributed by atoms with Gasteiger partial charge >= 0.3 is 6.18 Å². The summed E-state index contributed by atoms with van der Waals surface area (Å²) in [5.74, 6) is -2.00. The quantitative estimate of drug-likeness (QED) is 0.859. The van der Waals surface area contributed by atoms with Gasteiger partial charge in [0.25, 0.3) is 11.7 Å². The summed E-state index contributed by atoms with van der Waals surface area (Å²) in [4.78, 5) is 24.2. The van der Waals surface area contributed by atoms with Crippen molar-refractivity contribution in [1.82, 2.24) is 0 Å². The van der Waals surface area contributed by atoms with Crippen molar-refractivity contribution in [3.05, 3.63) is 23.8 Å². The largest absolute Gasteiger partial charge is 0.506 e. The number of carbonyl (C=O) groups is 2. The molecule has 0 fully saturated rings. The van der Waals surface area contributed by atoms with E-state index in [1.807, 2.05) is 0 Å². The van der Waals surface area contributed by atoms with Crippen molar-refractivity contribution < 1.29 is 27.9 Å². The van der Waals surface area contributed by atoms with Crippen LogP contribution in [0.1, 0.15) is 23.2 Å². The summed E-state index contributed by atoms with van der Waals surface area (Å²) in [5.41, 5.74) is 0.0247. The Bertz CT molecular complexity index is 540. The first-order valence-electron chi connectivity index (χ1n) is 5.56. The molecule has 1 aliphatic rings. The number of hydrogen-bond acceptors (Lipinski definition) is 3. The molecular formula is C12H10F3NO3. The van der Waals surface area contributed by atoms with E-state index in [1.165, 1.54) is 18.2 Å². The topological polar surface area (TPSA) is 57.6 Å². The molecule has 0 radical (unpaired) electrons. The normalized spacial score (nSPS) is 15.0. The van der Waals surface area contributed by atoms with Gasteiger partial charge in [0.15, 0.2) is 0 Å². The number of para-hydroxylation sites is 1. The minimum absolute atomic E-state index is 0.000301. The second kappa shape index (κ2) is 4.56. The smallest absolute Gasteiger partial charge is 0.389 e. The molecule has 0 saturated heterocycles. The monoisotopic (exact) mass is 273 g/mol. The lowest BCUT2D eigenvalue weighted by Gasteiger charge is -2.17. The Morgan fingerprint density at radius 1 is 1.21 bits per heavy atom. The number of Topliss-reactive ketones (excluding diaryl/α,β-unsaturated/α-hetero) is 1. The summed E-state index contributed by atoms with van der Waals surface area (Å²) in [5, 5.41) is 9.63. The molecule has 1 aliphatic heterocycles. The van der Waals surface area contributed by atoms with E-state index in [0.717, 1.165) is 4.90 Å². The van der Waals surface area contributed by atoms with Crippen molar-refractivity contribution in [2.75, 3.05) is 11.4 Å². The number of halogens is 3. The molecule has 19 heavy (non-hydrogen) atoms. The lowest BCUT2D eigenvalue weighted by Crippen LogP contribution is -2.31. The number of fused-ring (bicyclic) bond motifs is 1. The maximum absolute atomic E-state index is 12.1. The zero-order chi connectivity index (χ0) is 14.2. The van der Waals surface area contributed by atoms with E-state index in [4.69, 9.17) is 0 Å². The van der Waals surface area contributed by atoms with Crippen molar-refractivity contribution in [2.24, 2.45) is 0 Å². The molecule has 0 aliphatic carbocycles. The molecule has 1 amide bonds. The highest BCUT2D eigenvalue weighted by Gasteiger charge is 2.38. The Morgan fingerprint density at radius 3 is 2.53 bits per heavy atom. The number of ketones is 1. The second-order valence-electron chi connectivity index (χ2n) is 4.18. The fourth-order valence-electron chi connectivity index (χ4n) is 1.99. The highest BCUT2D eigenvalue weighted by Crippen LogP contribution is 2.37. The van der Waals surface area contributed by atoms with Crippen molar-refractivity contribution in [3.8, 4) is 5.75 Å². The summed E-state index contributed by atoms with van der Waals surface area (Å²) in [7, 11) is 0. The molecule has 0 saturated carbocycles. The fourth-order valence-corrected chi connectivity index (χ4v) is 1.99. The molecule has 0 aromatic heterocycles. The predicted molar refractivity (Wildman–Crippen MR) is 60.1 cm³/mol. The number of alkyl halides is 3. The number of rotatable bonds is 3. The van der Waals surface area contributed by atoms with Gasteiger partial charge in [0.2, 0.25) is 0 Å². The van der Waals surface area contributed by atoms with Gasteiger partial charge in [0, 0.05) is 13.0 Å². The van der Waals surface area contributed by atoms with Crippen molar-refractivity contribution >= 4 is 17.4 Å². The molecule has 0 unspecified atom stereocenters. The SMILES string of the molecule is O=C1C(=O)N(CCCC(F)(F)F)c2c(O)cccc21. The summed E-state index contributed by atoms with van der Waals surface area (Å²) in [6.45, 7) is -0.255. The number of carbonyl (C=O) groups excluding carboxylic acids is 2. The van der Waals surface area contributed by atoms with Gasteiger partial charge < -0.3 is 10.0 Å². The molecule has 1 N–H and O–H groups in total. The van der Waals surface area contributed by atoms with Gasteiger partial charge in [0.1, 0.15) is 5.75 Å². The van der Waals surface area contributed by atoms with Crippen molar-refractivity contribution in [2.45, 2.75) is 19.0 Å². The standard InChI is InChI=1S/C12H10F3NO3/c13-12(14,15)5-2-6-16-9-7(10(18)11(16)19)3-1-4-8(9)17/h1,3-4,17H,2,5-6H2. The zero-order valence-electron chi connectivity index (χ0n) is 9.70. The number of phenolic OH excluding ortho intramolecular Hbond substituents is 1. The Balaban J connectivity index is 2.19. The number of benzene rings is 1. The van der Waals surface area contributed by atoms with Gasteiger partial charge in [-0.2, -0.15) is 13.2 Å². The number of aromatic hydroxyl groups is 1. The summed E-state index contributed by atoms with van der Waals surface area (Å²) in [6.07, 6.45) is -5.68. The van der Waals surface area contributed by atoms with Gasteiger partial charge in [-0.05, 0) is 18.6 Å². The fraction of sp³-hybridized carbons (Fsp3) is 0.333. The average molecular weight is 273 g/mol. The van der Waals surface area contributed by atoms with Crippen LogP contribution in [0.15, 0.2) is 18.2 Å². The zero-order valence-corrected chi connectivity index (χ0v) is 9.70. The lowest BCUT2D eigenvalue weighted by molar-refractivity contribution is -0.135. The summed E-state index contributed by atoms with van der Waals surface area (Å²) >= 11 is 0. The Hall–Kier alpha value is -2.05. The van der Waals surface area contributed by atoms with E-state index in [9.17, 15) is 27.9 Å². The van der Waals surface area contributed by atoms with E-state index in [1.54, 1.807) is 0 Å². The van der Waals surface area contributed by atoms with Gasteiger partial charge in [-0.1, -0.05) is 6.07 Å². The second-order valence-corrected chi connectivity index (χ2v) is 4.18. The Kier molecular flexibility index (Phi) is 3.21. The average Bonchev–Trinajstić information content (AvgIpc) is 2.54. The van der Waals surface area contributed by atoms with E-state index in [-0.39, 0.29) is 30.0 Å². The number of nitrogens with zero attached hydrogens (tertiary/aromatic N) is 1. The number of amides is 1. The maximum Gasteiger partial charge on any atom is 0.389 e. The highest BCUT2D eigenvalue weighted by molar-refractivity contribution is 6.52. The molecule has 1 aromatic carbocycles. The first-order chi connectivity index (χ1) is 8.81. The minimum Gasteiger partial charge on any atom is -0.506 e. The molecule has 1 heterocycles. The molecule has 0 atom stereocenters. The van der Waals surface area contributed by atoms with Crippen molar-refractivity contribution in [3.63, 3.8) is 0 Å². The highest BCUT2D eigenvalue weighted by atomic mass is 19.4. The van der Waals surface area contributed by atoms with Gasteiger partial charge in [-0.3, -0.25) is 9.59 Å². The predicted octanol–water partition coefficient (Wildman–Crippen LogP) is 2.26. The molecule has 2 rings (SSSR count). The van der Waals surface area contributed by atoms with Crippen molar-refractivity contribution in [1.29, 1.82) is 0 Å². The van der Waals surface area contributed by atoms with E-state index >= 15 is 0 Å². The minimum atomic E-state index is -4.31. The summed E-state index contributed by atoms with van der Waals surface area (Å²) < 4.78 is 36.2. The van der Waals surface area contributed by atoms with Crippen LogP contribution in [0, 0.1) is 0 Å². The van der Waals surface area contributed by atoms with Crippen LogP contribution in [0.5, 0.6) is 5.75 Å². The molecule has 7 heteroatoms.